The summed E-state index contributed by atoms with van der Waals surface area (Å²) in [6, 6.07) is 6.10. The number of hydrogen-bond acceptors (Lipinski definition) is 3. The standard InChI is InChI=1S/C14H22BrNO2/c1-11(2)9-16-10-12-4-5-14(13(15)8-12)18-7-3-6-17/h4-5,8,11,16-17H,3,6-7,9-10H2,1-2H3. The van der Waals surface area contributed by atoms with Gasteiger partial charge in [0.15, 0.2) is 0 Å². The van der Waals surface area contributed by atoms with Gasteiger partial charge in [-0.15, -0.1) is 0 Å². The average molecular weight is 316 g/mol. The van der Waals surface area contributed by atoms with Gasteiger partial charge in [-0.25, -0.2) is 0 Å². The van der Waals surface area contributed by atoms with Crippen LogP contribution in [0.1, 0.15) is 25.8 Å². The van der Waals surface area contributed by atoms with E-state index in [1.54, 1.807) is 0 Å². The molecule has 0 spiro atoms. The molecule has 0 aliphatic carbocycles. The van der Waals surface area contributed by atoms with Gasteiger partial charge in [0.25, 0.3) is 0 Å². The molecule has 0 heterocycles. The van der Waals surface area contributed by atoms with Crippen molar-refractivity contribution in [2.75, 3.05) is 19.8 Å². The first-order valence-corrected chi connectivity index (χ1v) is 7.15. The highest BCUT2D eigenvalue weighted by molar-refractivity contribution is 9.10. The quantitative estimate of drug-likeness (QED) is 0.725. The van der Waals surface area contributed by atoms with Gasteiger partial charge in [0.1, 0.15) is 5.75 Å². The van der Waals surface area contributed by atoms with Crippen LogP contribution in [-0.2, 0) is 6.54 Å². The van der Waals surface area contributed by atoms with Crippen molar-refractivity contribution in [2.45, 2.75) is 26.8 Å². The average Bonchev–Trinajstić information content (AvgIpc) is 2.31. The number of ether oxygens (including phenoxy) is 1. The molecule has 3 nitrogen and oxygen atoms in total. The molecule has 0 amide bonds. The Morgan fingerprint density at radius 1 is 1.39 bits per heavy atom. The maximum atomic E-state index is 8.70. The lowest BCUT2D eigenvalue weighted by Crippen LogP contribution is -2.18. The Balaban J connectivity index is 2.45. The lowest BCUT2D eigenvalue weighted by Gasteiger charge is -2.11. The molecule has 0 aliphatic heterocycles. The summed E-state index contributed by atoms with van der Waals surface area (Å²) in [4.78, 5) is 0. The number of halogens is 1. The molecular weight excluding hydrogens is 294 g/mol. The van der Waals surface area contributed by atoms with E-state index in [1.165, 1.54) is 5.56 Å². The molecule has 0 unspecified atom stereocenters. The summed E-state index contributed by atoms with van der Waals surface area (Å²) in [7, 11) is 0. The maximum absolute atomic E-state index is 8.70. The summed E-state index contributed by atoms with van der Waals surface area (Å²) in [5.41, 5.74) is 1.23. The van der Waals surface area contributed by atoms with Crippen LogP contribution in [0.15, 0.2) is 22.7 Å². The van der Waals surface area contributed by atoms with Gasteiger partial charge in [-0.2, -0.15) is 0 Å². The lowest BCUT2D eigenvalue weighted by molar-refractivity contribution is 0.233. The highest BCUT2D eigenvalue weighted by Crippen LogP contribution is 2.26. The van der Waals surface area contributed by atoms with E-state index in [0.717, 1.165) is 23.3 Å². The molecule has 2 N–H and O–H groups in total. The van der Waals surface area contributed by atoms with Gasteiger partial charge in [0.2, 0.25) is 0 Å². The number of benzene rings is 1. The number of nitrogens with one attached hydrogen (secondary N) is 1. The molecule has 0 atom stereocenters. The zero-order valence-corrected chi connectivity index (χ0v) is 12.7. The largest absolute Gasteiger partial charge is 0.492 e. The fourth-order valence-electron chi connectivity index (χ4n) is 1.52. The molecule has 1 rings (SSSR count). The molecule has 0 aromatic heterocycles. The third-order valence-electron chi connectivity index (χ3n) is 2.44. The molecule has 0 radical (unpaired) electrons. The van der Waals surface area contributed by atoms with Crippen LogP contribution in [0.2, 0.25) is 0 Å². The minimum Gasteiger partial charge on any atom is -0.492 e. The first-order valence-electron chi connectivity index (χ1n) is 6.36. The fraction of sp³-hybridized carbons (Fsp3) is 0.571. The van der Waals surface area contributed by atoms with Gasteiger partial charge >= 0.3 is 0 Å². The van der Waals surface area contributed by atoms with Gasteiger partial charge in [-0.3, -0.25) is 0 Å². The second-order valence-electron chi connectivity index (χ2n) is 4.72. The predicted molar refractivity (Wildman–Crippen MR) is 77.9 cm³/mol. The molecule has 0 fully saturated rings. The molecule has 0 aliphatic rings. The molecule has 4 heteroatoms. The van der Waals surface area contributed by atoms with Crippen LogP contribution < -0.4 is 10.1 Å². The van der Waals surface area contributed by atoms with Gasteiger partial charge in [-0.1, -0.05) is 19.9 Å². The monoisotopic (exact) mass is 315 g/mol. The first-order chi connectivity index (χ1) is 8.63. The number of aliphatic hydroxyl groups is 1. The number of aliphatic hydroxyl groups excluding tert-OH is 1. The van der Waals surface area contributed by atoms with E-state index >= 15 is 0 Å². The van der Waals surface area contributed by atoms with E-state index < -0.39 is 0 Å². The van der Waals surface area contributed by atoms with Crippen molar-refractivity contribution in [1.29, 1.82) is 0 Å². The summed E-state index contributed by atoms with van der Waals surface area (Å²) < 4.78 is 6.51. The molecule has 18 heavy (non-hydrogen) atoms. The third kappa shape index (κ3) is 5.85. The van der Waals surface area contributed by atoms with Crippen LogP contribution >= 0.6 is 15.9 Å². The van der Waals surface area contributed by atoms with E-state index in [0.29, 0.717) is 18.9 Å². The van der Waals surface area contributed by atoms with Crippen LogP contribution in [0.5, 0.6) is 5.75 Å². The van der Waals surface area contributed by atoms with Crippen LogP contribution in [0.3, 0.4) is 0 Å². The first kappa shape index (κ1) is 15.5. The zero-order valence-electron chi connectivity index (χ0n) is 11.1. The van der Waals surface area contributed by atoms with Crippen molar-refractivity contribution in [3.63, 3.8) is 0 Å². The van der Waals surface area contributed by atoms with E-state index in [-0.39, 0.29) is 6.61 Å². The van der Waals surface area contributed by atoms with Crippen molar-refractivity contribution >= 4 is 15.9 Å². The lowest BCUT2D eigenvalue weighted by atomic mass is 10.2. The molecule has 0 saturated carbocycles. The summed E-state index contributed by atoms with van der Waals surface area (Å²) in [6.45, 7) is 6.98. The van der Waals surface area contributed by atoms with Gasteiger partial charge < -0.3 is 15.2 Å². The van der Waals surface area contributed by atoms with Crippen molar-refractivity contribution in [2.24, 2.45) is 5.92 Å². The summed E-state index contributed by atoms with van der Waals surface area (Å²) in [6.07, 6.45) is 0.657. The Bertz CT molecular complexity index is 356. The molecule has 0 saturated heterocycles. The topological polar surface area (TPSA) is 41.5 Å². The van der Waals surface area contributed by atoms with Crippen LogP contribution in [0, 0.1) is 5.92 Å². The molecular formula is C14H22BrNO2. The van der Waals surface area contributed by atoms with Crippen LogP contribution in [0.25, 0.3) is 0 Å². The SMILES string of the molecule is CC(C)CNCc1ccc(OCCCO)c(Br)c1. The predicted octanol–water partition coefficient (Wildman–Crippen LogP) is 2.96. The number of hydrogen-bond donors (Lipinski definition) is 2. The van der Waals surface area contributed by atoms with Gasteiger partial charge in [-0.05, 0) is 46.1 Å². The molecule has 0 bridgehead atoms. The smallest absolute Gasteiger partial charge is 0.133 e. The van der Waals surface area contributed by atoms with E-state index in [4.69, 9.17) is 9.84 Å². The molecule has 1 aromatic rings. The second-order valence-corrected chi connectivity index (χ2v) is 5.57. The summed E-state index contributed by atoms with van der Waals surface area (Å²) in [5, 5.41) is 12.1. The second kappa shape index (κ2) is 8.51. The highest BCUT2D eigenvalue weighted by Gasteiger charge is 2.03. The van der Waals surface area contributed by atoms with E-state index in [2.05, 4.69) is 47.2 Å². The van der Waals surface area contributed by atoms with E-state index in [9.17, 15) is 0 Å². The van der Waals surface area contributed by atoms with Crippen molar-refractivity contribution in [3.05, 3.63) is 28.2 Å². The Morgan fingerprint density at radius 2 is 2.17 bits per heavy atom. The van der Waals surface area contributed by atoms with Gasteiger partial charge in [0, 0.05) is 19.6 Å². The molecule has 102 valence electrons. The Hall–Kier alpha value is -0.580. The Morgan fingerprint density at radius 3 is 2.78 bits per heavy atom. The van der Waals surface area contributed by atoms with Crippen molar-refractivity contribution < 1.29 is 9.84 Å². The maximum Gasteiger partial charge on any atom is 0.133 e. The van der Waals surface area contributed by atoms with Crippen LogP contribution in [-0.4, -0.2) is 24.9 Å². The normalized spacial score (nSPS) is 10.9. The van der Waals surface area contributed by atoms with E-state index in [1.807, 2.05) is 6.07 Å². The van der Waals surface area contributed by atoms with Crippen molar-refractivity contribution in [1.82, 2.24) is 5.32 Å². The highest BCUT2D eigenvalue weighted by atomic mass is 79.9. The Kier molecular flexibility index (Phi) is 7.32. The minimum atomic E-state index is 0.162. The number of rotatable bonds is 8. The summed E-state index contributed by atoms with van der Waals surface area (Å²) >= 11 is 3.50. The fourth-order valence-corrected chi connectivity index (χ4v) is 2.06. The molecule has 1 aromatic carbocycles. The van der Waals surface area contributed by atoms with Crippen molar-refractivity contribution in [3.8, 4) is 5.75 Å². The van der Waals surface area contributed by atoms with Crippen LogP contribution in [0.4, 0.5) is 0 Å². The third-order valence-corrected chi connectivity index (χ3v) is 3.06. The zero-order chi connectivity index (χ0) is 13.4. The Labute approximate surface area is 118 Å². The van der Waals surface area contributed by atoms with Gasteiger partial charge in [0.05, 0.1) is 11.1 Å². The summed E-state index contributed by atoms with van der Waals surface area (Å²) in [5.74, 6) is 1.49. The minimum absolute atomic E-state index is 0.162.